The summed E-state index contributed by atoms with van der Waals surface area (Å²) in [5.74, 6) is -2.03. The normalized spacial score (nSPS) is 16.9. The Labute approximate surface area is 210 Å². The maximum absolute atomic E-state index is 13.0. The number of aliphatic hydroxyl groups is 1. The van der Waals surface area contributed by atoms with Crippen molar-refractivity contribution in [1.82, 2.24) is 14.9 Å². The summed E-state index contributed by atoms with van der Waals surface area (Å²) in [6.45, 7) is 1.23. The van der Waals surface area contributed by atoms with Crippen molar-refractivity contribution in [2.75, 3.05) is 17.8 Å². The first kappa shape index (κ1) is 26.6. The van der Waals surface area contributed by atoms with Crippen molar-refractivity contribution >= 4 is 32.5 Å². The molecule has 9 nitrogen and oxygen atoms in total. The maximum atomic E-state index is 13.0. The number of nitrogens with one attached hydrogen (secondary N) is 2. The number of halogens is 3. The highest BCUT2D eigenvalue weighted by molar-refractivity contribution is 7.93. The van der Waals surface area contributed by atoms with E-state index in [-0.39, 0.29) is 58.9 Å². The van der Waals surface area contributed by atoms with Gasteiger partial charge in [0.2, 0.25) is 0 Å². The van der Waals surface area contributed by atoms with Gasteiger partial charge in [0, 0.05) is 24.3 Å². The summed E-state index contributed by atoms with van der Waals surface area (Å²) in [5.41, 5.74) is -1.52. The van der Waals surface area contributed by atoms with Crippen LogP contribution in [0.5, 0.6) is 0 Å². The molecule has 2 heterocycles. The first-order valence-corrected chi connectivity index (χ1v) is 13.0. The molecule has 3 N–H and O–H groups in total. The third-order valence-corrected chi connectivity index (χ3v) is 7.95. The van der Waals surface area contributed by atoms with Gasteiger partial charge in [-0.05, 0) is 55.7 Å². The number of benzene rings is 2. The lowest BCUT2D eigenvalue weighted by atomic mass is 9.83. The second kappa shape index (κ2) is 9.78. The Balaban J connectivity index is 1.43. The Hall–Kier alpha value is -3.45. The fourth-order valence-electron chi connectivity index (χ4n) is 4.38. The number of amides is 1. The number of hydrogen-bond acceptors (Lipinski definition) is 6. The van der Waals surface area contributed by atoms with E-state index in [1.165, 1.54) is 47.4 Å². The molecular weight excluding hydrogens is 513 g/mol. The Morgan fingerprint density at radius 2 is 1.84 bits per heavy atom. The highest BCUT2D eigenvalue weighted by atomic mass is 32.2. The van der Waals surface area contributed by atoms with E-state index in [4.69, 9.17) is 0 Å². The van der Waals surface area contributed by atoms with Crippen molar-refractivity contribution in [2.45, 2.75) is 42.9 Å². The molecule has 1 atom stereocenters. The standard InChI is InChI=1S/C24H25F3N4O5S/c1-15(24(25,26)27)13-23(34)9-11-31(12-10-23)22(33)16-5-7-17(8-6-16)30-37(35,36)19-4-2-3-18-20(19)28-14-29-21(18)32/h2-8,14-15,30,34H,9-13H2,1H3,(H,28,29,32). The van der Waals surface area contributed by atoms with E-state index < -0.39 is 39.7 Å². The molecule has 37 heavy (non-hydrogen) atoms. The fourth-order valence-corrected chi connectivity index (χ4v) is 5.61. The van der Waals surface area contributed by atoms with Crippen LogP contribution >= 0.6 is 0 Å². The van der Waals surface area contributed by atoms with Crippen LogP contribution in [0.25, 0.3) is 10.9 Å². The van der Waals surface area contributed by atoms with Gasteiger partial charge in [0.25, 0.3) is 21.5 Å². The summed E-state index contributed by atoms with van der Waals surface area (Å²) < 4.78 is 67.0. The fraction of sp³-hybridized carbons (Fsp3) is 0.375. The van der Waals surface area contributed by atoms with Gasteiger partial charge < -0.3 is 15.0 Å². The second-order valence-electron chi connectivity index (χ2n) is 9.23. The second-order valence-corrected chi connectivity index (χ2v) is 10.9. The number of rotatable bonds is 6. The van der Waals surface area contributed by atoms with Crippen molar-refractivity contribution < 1.29 is 31.5 Å². The highest BCUT2D eigenvalue weighted by Gasteiger charge is 2.43. The number of anilines is 1. The SMILES string of the molecule is CC(CC1(O)CCN(C(=O)c2ccc(NS(=O)(=O)c3cccc4c(=O)[nH]cnc34)cc2)CC1)C(F)(F)F. The molecule has 1 fully saturated rings. The molecular formula is C24H25F3N4O5S. The van der Waals surface area contributed by atoms with Gasteiger partial charge in [-0.2, -0.15) is 13.2 Å². The van der Waals surface area contributed by atoms with Crippen LogP contribution in [0.2, 0.25) is 0 Å². The Kier molecular flexibility index (Phi) is 7.04. The molecule has 1 amide bonds. The van der Waals surface area contributed by atoms with Crippen molar-refractivity contribution in [2.24, 2.45) is 5.92 Å². The van der Waals surface area contributed by atoms with E-state index in [2.05, 4.69) is 14.7 Å². The number of carbonyl (C=O) groups is 1. The molecule has 0 spiro atoms. The molecule has 1 saturated heterocycles. The minimum atomic E-state index is -4.40. The highest BCUT2D eigenvalue weighted by Crippen LogP contribution is 2.36. The smallest absolute Gasteiger partial charge is 0.390 e. The number of sulfonamides is 1. The predicted molar refractivity (Wildman–Crippen MR) is 130 cm³/mol. The molecule has 1 aliphatic rings. The van der Waals surface area contributed by atoms with Gasteiger partial charge >= 0.3 is 6.18 Å². The third kappa shape index (κ3) is 5.77. The minimum Gasteiger partial charge on any atom is -0.390 e. The zero-order valence-corrected chi connectivity index (χ0v) is 20.6. The monoisotopic (exact) mass is 538 g/mol. The van der Waals surface area contributed by atoms with Gasteiger partial charge in [0.05, 0.1) is 28.7 Å². The largest absolute Gasteiger partial charge is 0.391 e. The van der Waals surface area contributed by atoms with Gasteiger partial charge in [-0.3, -0.25) is 14.3 Å². The van der Waals surface area contributed by atoms with Crippen LogP contribution in [0, 0.1) is 5.92 Å². The molecule has 1 aromatic heterocycles. The molecule has 1 unspecified atom stereocenters. The van der Waals surface area contributed by atoms with Gasteiger partial charge in [0.15, 0.2) is 0 Å². The molecule has 0 saturated carbocycles. The zero-order chi connectivity index (χ0) is 27.0. The first-order valence-electron chi connectivity index (χ1n) is 11.5. The van der Waals surface area contributed by atoms with E-state index in [9.17, 15) is 36.3 Å². The topological polar surface area (TPSA) is 132 Å². The average molecular weight is 539 g/mol. The van der Waals surface area contributed by atoms with Crippen LogP contribution < -0.4 is 10.3 Å². The summed E-state index contributed by atoms with van der Waals surface area (Å²) in [4.78, 5) is 32.5. The lowest BCUT2D eigenvalue weighted by Gasteiger charge is -2.39. The lowest BCUT2D eigenvalue weighted by molar-refractivity contribution is -0.187. The molecule has 13 heteroatoms. The van der Waals surface area contributed by atoms with E-state index in [0.29, 0.717) is 0 Å². The Morgan fingerprint density at radius 1 is 1.19 bits per heavy atom. The summed E-state index contributed by atoms with van der Waals surface area (Å²) >= 11 is 0. The molecule has 3 aromatic rings. The molecule has 1 aliphatic heterocycles. The number of nitrogens with zero attached hydrogens (tertiary/aromatic N) is 2. The predicted octanol–water partition coefficient (Wildman–Crippen LogP) is 3.28. The van der Waals surface area contributed by atoms with Crippen molar-refractivity contribution in [3.05, 3.63) is 64.7 Å². The van der Waals surface area contributed by atoms with Gasteiger partial charge in [-0.1, -0.05) is 13.0 Å². The summed E-state index contributed by atoms with van der Waals surface area (Å²) in [7, 11) is -4.11. The molecule has 0 bridgehead atoms. The number of piperidine rings is 1. The van der Waals surface area contributed by atoms with E-state index in [1.54, 1.807) is 0 Å². The van der Waals surface area contributed by atoms with Crippen molar-refractivity contribution in [3.8, 4) is 0 Å². The summed E-state index contributed by atoms with van der Waals surface area (Å²) in [5, 5.41) is 10.7. The number of fused-ring (bicyclic) bond motifs is 1. The summed E-state index contributed by atoms with van der Waals surface area (Å²) in [6.07, 6.45) is -3.65. The summed E-state index contributed by atoms with van der Waals surface area (Å²) in [6, 6.07) is 9.88. The minimum absolute atomic E-state index is 0.0141. The number of likely N-dealkylation sites (tertiary alicyclic amines) is 1. The quantitative estimate of drug-likeness (QED) is 0.441. The Bertz CT molecular complexity index is 1460. The van der Waals surface area contributed by atoms with Crippen LogP contribution in [-0.2, 0) is 10.0 Å². The van der Waals surface area contributed by atoms with Crippen molar-refractivity contribution in [1.29, 1.82) is 0 Å². The van der Waals surface area contributed by atoms with Crippen LogP contribution in [0.1, 0.15) is 36.5 Å². The molecule has 2 aromatic carbocycles. The number of H-pyrrole nitrogens is 1. The van der Waals surface area contributed by atoms with Crippen LogP contribution in [0.4, 0.5) is 18.9 Å². The van der Waals surface area contributed by atoms with Crippen LogP contribution in [-0.4, -0.2) is 59.2 Å². The molecule has 4 rings (SSSR count). The van der Waals surface area contributed by atoms with E-state index in [0.717, 1.165) is 13.3 Å². The Morgan fingerprint density at radius 3 is 2.46 bits per heavy atom. The molecule has 198 valence electrons. The lowest BCUT2D eigenvalue weighted by Crippen LogP contribution is -2.48. The van der Waals surface area contributed by atoms with E-state index in [1.807, 2.05) is 0 Å². The number of aromatic nitrogens is 2. The third-order valence-electron chi connectivity index (χ3n) is 6.53. The average Bonchev–Trinajstić information content (AvgIpc) is 2.83. The van der Waals surface area contributed by atoms with E-state index >= 15 is 0 Å². The number of aromatic amines is 1. The number of hydrogen-bond donors (Lipinski definition) is 3. The zero-order valence-electron chi connectivity index (χ0n) is 19.7. The van der Waals surface area contributed by atoms with Crippen molar-refractivity contribution in [3.63, 3.8) is 0 Å². The number of carbonyl (C=O) groups excluding carboxylic acids is 1. The molecule has 0 aliphatic carbocycles. The first-order chi connectivity index (χ1) is 17.3. The number of alkyl halides is 3. The number of para-hydroxylation sites is 1. The van der Waals surface area contributed by atoms with Gasteiger partial charge in [0.1, 0.15) is 4.90 Å². The molecule has 0 radical (unpaired) electrons. The van der Waals surface area contributed by atoms with Gasteiger partial charge in [-0.15, -0.1) is 0 Å². The van der Waals surface area contributed by atoms with Crippen LogP contribution in [0.3, 0.4) is 0 Å². The van der Waals surface area contributed by atoms with Gasteiger partial charge in [-0.25, -0.2) is 13.4 Å². The maximum Gasteiger partial charge on any atom is 0.391 e. The van der Waals surface area contributed by atoms with Crippen LogP contribution in [0.15, 0.2) is 58.5 Å².